The van der Waals surface area contributed by atoms with Crippen LogP contribution in [0.3, 0.4) is 0 Å². The summed E-state index contributed by atoms with van der Waals surface area (Å²) in [5.74, 6) is -1.67. The quantitative estimate of drug-likeness (QED) is 0.412. The first kappa shape index (κ1) is 25.5. The highest BCUT2D eigenvalue weighted by Gasteiger charge is 2.50. The lowest BCUT2D eigenvalue weighted by molar-refractivity contribution is -0.00553. The van der Waals surface area contributed by atoms with E-state index in [-0.39, 0.29) is 29.5 Å². The molecule has 3 aromatic rings. The van der Waals surface area contributed by atoms with Crippen LogP contribution in [0.5, 0.6) is 0 Å². The minimum absolute atomic E-state index is 0.0770. The molecule has 1 aliphatic heterocycles. The minimum Gasteiger partial charge on any atom is -0.403 e. The van der Waals surface area contributed by atoms with Crippen molar-refractivity contribution in [3.8, 4) is 0 Å². The molecule has 35 heavy (non-hydrogen) atoms. The summed E-state index contributed by atoms with van der Waals surface area (Å²) >= 11 is 0. The second-order valence-electron chi connectivity index (χ2n) is 10.5. The Morgan fingerprint density at radius 3 is 1.86 bits per heavy atom. The van der Waals surface area contributed by atoms with Crippen LogP contribution in [0.25, 0.3) is 0 Å². The number of anilines is 1. The lowest BCUT2D eigenvalue weighted by Crippen LogP contribution is -2.66. The van der Waals surface area contributed by atoms with Crippen molar-refractivity contribution in [1.29, 1.82) is 0 Å². The molecule has 0 spiro atoms. The number of halogens is 2. The molecule has 3 nitrogen and oxygen atoms in total. The second kappa shape index (κ2) is 10.2. The first-order valence-corrected chi connectivity index (χ1v) is 14.2. The van der Waals surface area contributed by atoms with Crippen LogP contribution in [0.4, 0.5) is 14.5 Å². The molecule has 0 amide bonds. The van der Waals surface area contributed by atoms with Crippen molar-refractivity contribution < 1.29 is 17.9 Å². The Kier molecular flexibility index (Phi) is 7.45. The summed E-state index contributed by atoms with van der Waals surface area (Å²) in [6.07, 6.45) is -0.154. The molecule has 0 aliphatic carbocycles. The van der Waals surface area contributed by atoms with E-state index in [4.69, 9.17) is 9.16 Å². The number of hydrogen-bond acceptors (Lipinski definition) is 3. The normalized spacial score (nSPS) is 19.1. The van der Waals surface area contributed by atoms with Gasteiger partial charge in [0, 0.05) is 18.7 Å². The molecule has 1 aliphatic rings. The van der Waals surface area contributed by atoms with Crippen molar-refractivity contribution in [2.24, 2.45) is 0 Å². The molecular formula is C29H35F2NO2Si. The highest BCUT2D eigenvalue weighted by Crippen LogP contribution is 2.38. The van der Waals surface area contributed by atoms with Gasteiger partial charge in [-0.3, -0.25) is 0 Å². The molecule has 1 heterocycles. The van der Waals surface area contributed by atoms with E-state index >= 15 is 4.39 Å². The monoisotopic (exact) mass is 495 g/mol. The van der Waals surface area contributed by atoms with Gasteiger partial charge >= 0.3 is 0 Å². The third-order valence-corrected chi connectivity index (χ3v) is 11.7. The fraction of sp³-hybridized carbons (Fsp3) is 0.379. The van der Waals surface area contributed by atoms with E-state index in [1.165, 1.54) is 6.07 Å². The Morgan fingerprint density at radius 2 is 1.37 bits per heavy atom. The average molecular weight is 496 g/mol. The maximum atomic E-state index is 15.3. The minimum atomic E-state index is -2.82. The van der Waals surface area contributed by atoms with Gasteiger partial charge in [-0.25, -0.2) is 8.78 Å². The van der Waals surface area contributed by atoms with Gasteiger partial charge in [0.2, 0.25) is 0 Å². The van der Waals surface area contributed by atoms with Crippen molar-refractivity contribution in [1.82, 2.24) is 0 Å². The molecule has 4 rings (SSSR count). The lowest BCUT2D eigenvalue weighted by atomic mass is 10.1. The van der Waals surface area contributed by atoms with Crippen LogP contribution in [0.15, 0.2) is 72.8 Å². The molecule has 0 radical (unpaired) electrons. The summed E-state index contributed by atoms with van der Waals surface area (Å²) in [7, 11) is -2.82. The SMILES string of the molecule is C[C@@H]1CN(c2c(CO[Si](c3ccccc3)(c3ccccc3)C(C)(C)C)ccc(F)c2F)C[C@@H](C)O1. The highest BCUT2D eigenvalue weighted by molar-refractivity contribution is 6.99. The topological polar surface area (TPSA) is 21.7 Å². The van der Waals surface area contributed by atoms with E-state index in [2.05, 4.69) is 45.0 Å². The third-order valence-electron chi connectivity index (χ3n) is 6.75. The van der Waals surface area contributed by atoms with E-state index in [1.807, 2.05) is 55.1 Å². The number of hydrogen-bond donors (Lipinski definition) is 0. The molecule has 0 bridgehead atoms. The Hall–Kier alpha value is -2.54. The number of morpholine rings is 1. The molecule has 2 atom stereocenters. The summed E-state index contributed by atoms with van der Waals surface area (Å²) in [4.78, 5) is 1.90. The number of nitrogens with zero attached hydrogens (tertiary/aromatic N) is 1. The van der Waals surface area contributed by atoms with E-state index < -0.39 is 20.0 Å². The fourth-order valence-corrected chi connectivity index (χ4v) is 9.87. The summed E-state index contributed by atoms with van der Waals surface area (Å²) in [6.45, 7) is 11.7. The predicted molar refractivity (Wildman–Crippen MR) is 141 cm³/mol. The third kappa shape index (κ3) is 5.06. The van der Waals surface area contributed by atoms with Crippen LogP contribution in [0.1, 0.15) is 40.2 Å². The molecule has 0 unspecified atom stereocenters. The molecule has 6 heteroatoms. The Balaban J connectivity index is 1.80. The van der Waals surface area contributed by atoms with Gasteiger partial charge in [0.15, 0.2) is 11.6 Å². The number of ether oxygens (including phenoxy) is 1. The summed E-state index contributed by atoms with van der Waals surface area (Å²) < 4.78 is 42.6. The van der Waals surface area contributed by atoms with Gasteiger partial charge in [0.25, 0.3) is 8.32 Å². The van der Waals surface area contributed by atoms with Crippen LogP contribution in [-0.2, 0) is 15.8 Å². The Morgan fingerprint density at radius 1 is 0.857 bits per heavy atom. The van der Waals surface area contributed by atoms with E-state index in [0.29, 0.717) is 18.7 Å². The predicted octanol–water partition coefficient (Wildman–Crippen LogP) is 5.66. The average Bonchev–Trinajstić information content (AvgIpc) is 2.81. The molecule has 186 valence electrons. The van der Waals surface area contributed by atoms with Crippen molar-refractivity contribution in [2.45, 2.75) is 58.5 Å². The Labute approximate surface area is 208 Å². The fourth-order valence-electron chi connectivity index (χ4n) is 5.35. The van der Waals surface area contributed by atoms with E-state index in [0.717, 1.165) is 10.4 Å². The molecule has 1 saturated heterocycles. The number of benzene rings is 3. The van der Waals surface area contributed by atoms with Crippen LogP contribution >= 0.6 is 0 Å². The van der Waals surface area contributed by atoms with Gasteiger partial charge in [-0.2, -0.15) is 0 Å². The van der Waals surface area contributed by atoms with Crippen molar-refractivity contribution in [3.63, 3.8) is 0 Å². The van der Waals surface area contributed by atoms with Crippen molar-refractivity contribution in [3.05, 3.63) is 90.0 Å². The molecule has 0 aromatic heterocycles. The van der Waals surface area contributed by atoms with Crippen molar-refractivity contribution in [2.75, 3.05) is 18.0 Å². The van der Waals surface area contributed by atoms with E-state index in [1.54, 1.807) is 6.07 Å². The molecular weight excluding hydrogens is 460 g/mol. The number of rotatable bonds is 6. The first-order valence-electron chi connectivity index (χ1n) is 12.3. The molecule has 3 aromatic carbocycles. The van der Waals surface area contributed by atoms with Crippen LogP contribution in [0.2, 0.25) is 5.04 Å². The van der Waals surface area contributed by atoms with Gasteiger partial charge in [-0.15, -0.1) is 0 Å². The second-order valence-corrected chi connectivity index (χ2v) is 14.8. The largest absolute Gasteiger partial charge is 0.403 e. The standard InChI is InChI=1S/C29H35F2NO2Si/c1-21-18-32(19-22(2)34-21)28-23(16-17-26(30)27(28)31)20-33-35(29(3,4)5,24-12-8-6-9-13-24)25-14-10-7-11-15-25/h6-17,21-22H,18-20H2,1-5H3/t21-,22-/m1/s1. The lowest BCUT2D eigenvalue weighted by Gasteiger charge is -2.43. The van der Waals surface area contributed by atoms with Gasteiger partial charge in [-0.05, 0) is 35.3 Å². The van der Waals surface area contributed by atoms with Gasteiger partial charge in [0.05, 0.1) is 24.5 Å². The molecule has 0 N–H and O–H groups in total. The van der Waals surface area contributed by atoms with Crippen molar-refractivity contribution >= 4 is 24.4 Å². The highest BCUT2D eigenvalue weighted by atomic mass is 28.4. The van der Waals surface area contributed by atoms with Gasteiger partial charge in [-0.1, -0.05) is 87.5 Å². The van der Waals surface area contributed by atoms with Crippen LogP contribution < -0.4 is 15.3 Å². The smallest absolute Gasteiger partial charge is 0.261 e. The van der Waals surface area contributed by atoms with E-state index in [9.17, 15) is 4.39 Å². The Bertz CT molecular complexity index is 1090. The maximum Gasteiger partial charge on any atom is 0.261 e. The zero-order valence-electron chi connectivity index (χ0n) is 21.2. The summed E-state index contributed by atoms with van der Waals surface area (Å²) in [5.41, 5.74) is 0.933. The summed E-state index contributed by atoms with van der Waals surface area (Å²) in [6, 6.07) is 23.5. The zero-order chi connectivity index (χ0) is 25.2. The zero-order valence-corrected chi connectivity index (χ0v) is 22.2. The van der Waals surface area contributed by atoms with Gasteiger partial charge in [0.1, 0.15) is 0 Å². The van der Waals surface area contributed by atoms with Gasteiger partial charge < -0.3 is 14.1 Å². The van der Waals surface area contributed by atoms with Crippen LogP contribution in [-0.4, -0.2) is 33.6 Å². The maximum absolute atomic E-state index is 15.3. The van der Waals surface area contributed by atoms with Crippen LogP contribution in [0, 0.1) is 11.6 Å². The first-order chi connectivity index (χ1) is 16.6. The summed E-state index contributed by atoms with van der Waals surface area (Å²) in [5, 5.41) is 2.09. The molecule has 0 saturated carbocycles. The molecule has 1 fully saturated rings.